The maximum atomic E-state index is 12.3. The summed E-state index contributed by atoms with van der Waals surface area (Å²) in [5.41, 5.74) is 0.652. The third kappa shape index (κ3) is 3.17. The number of aliphatic hydroxyl groups is 1. The Hall–Kier alpha value is -1.88. The lowest BCUT2D eigenvalue weighted by atomic mass is 10.1. The van der Waals surface area contributed by atoms with Crippen molar-refractivity contribution in [3.63, 3.8) is 0 Å². The Labute approximate surface area is 118 Å². The average Bonchev–Trinajstić information content (AvgIpc) is 2.66. The monoisotopic (exact) mass is 276 g/mol. The number of carbonyl (C=O) groups is 2. The third-order valence-corrected chi connectivity index (χ3v) is 3.03. The van der Waals surface area contributed by atoms with Crippen LogP contribution in [0, 0.1) is 0 Å². The van der Waals surface area contributed by atoms with Crippen LogP contribution in [-0.2, 0) is 4.79 Å². The van der Waals surface area contributed by atoms with E-state index in [1.165, 1.54) is 4.90 Å². The number of para-hydroxylation sites is 1. The largest absolute Gasteiger partial charge is 0.391 e. The normalized spacial score (nSPS) is 19.3. The van der Waals surface area contributed by atoms with Crippen molar-refractivity contribution in [2.45, 2.75) is 38.8 Å². The zero-order chi connectivity index (χ0) is 14.9. The van der Waals surface area contributed by atoms with Crippen molar-refractivity contribution in [2.75, 3.05) is 11.4 Å². The van der Waals surface area contributed by atoms with Crippen LogP contribution < -0.4 is 10.2 Å². The summed E-state index contributed by atoms with van der Waals surface area (Å²) in [6.45, 7) is 5.94. The van der Waals surface area contributed by atoms with Crippen LogP contribution in [0.4, 0.5) is 5.69 Å². The number of hydrogen-bond donors (Lipinski definition) is 2. The average molecular weight is 276 g/mol. The molecular weight excluding hydrogens is 256 g/mol. The molecule has 5 heteroatoms. The third-order valence-electron chi connectivity index (χ3n) is 3.03. The highest BCUT2D eigenvalue weighted by molar-refractivity contribution is 6.05. The van der Waals surface area contributed by atoms with Gasteiger partial charge in [0.25, 0.3) is 5.91 Å². The lowest BCUT2D eigenvalue weighted by molar-refractivity contribution is -0.117. The van der Waals surface area contributed by atoms with Gasteiger partial charge in [-0.3, -0.25) is 9.59 Å². The Kier molecular flexibility index (Phi) is 3.81. The van der Waals surface area contributed by atoms with Gasteiger partial charge in [-0.2, -0.15) is 0 Å². The van der Waals surface area contributed by atoms with Gasteiger partial charge in [0.2, 0.25) is 5.91 Å². The van der Waals surface area contributed by atoms with Crippen molar-refractivity contribution in [3.8, 4) is 0 Å². The number of nitrogens with zero attached hydrogens (tertiary/aromatic N) is 1. The molecule has 5 nitrogen and oxygen atoms in total. The van der Waals surface area contributed by atoms with Crippen molar-refractivity contribution >= 4 is 17.5 Å². The van der Waals surface area contributed by atoms with Crippen LogP contribution in [0.15, 0.2) is 24.3 Å². The van der Waals surface area contributed by atoms with Crippen molar-refractivity contribution in [3.05, 3.63) is 29.8 Å². The molecule has 1 fully saturated rings. The number of nitrogens with one attached hydrogen (secondary N) is 1. The maximum absolute atomic E-state index is 12.3. The van der Waals surface area contributed by atoms with E-state index in [1.807, 2.05) is 20.8 Å². The van der Waals surface area contributed by atoms with Crippen molar-refractivity contribution in [1.29, 1.82) is 0 Å². The van der Waals surface area contributed by atoms with Crippen LogP contribution >= 0.6 is 0 Å². The number of aliphatic hydroxyl groups excluding tert-OH is 1. The number of rotatable bonds is 2. The molecule has 0 radical (unpaired) electrons. The minimum atomic E-state index is -0.666. The smallest absolute Gasteiger partial charge is 0.253 e. The predicted molar refractivity (Wildman–Crippen MR) is 76.6 cm³/mol. The minimum absolute atomic E-state index is 0.106. The van der Waals surface area contributed by atoms with Crippen molar-refractivity contribution < 1.29 is 14.7 Å². The summed E-state index contributed by atoms with van der Waals surface area (Å²) in [6, 6.07) is 6.96. The van der Waals surface area contributed by atoms with Crippen LogP contribution in [-0.4, -0.2) is 35.1 Å². The summed E-state index contributed by atoms with van der Waals surface area (Å²) in [7, 11) is 0. The van der Waals surface area contributed by atoms with Gasteiger partial charge in [-0.25, -0.2) is 0 Å². The second-order valence-corrected chi connectivity index (χ2v) is 6.08. The first-order valence-electron chi connectivity index (χ1n) is 6.68. The van der Waals surface area contributed by atoms with Gasteiger partial charge in [-0.05, 0) is 32.9 Å². The highest BCUT2D eigenvalue weighted by Gasteiger charge is 2.31. The topological polar surface area (TPSA) is 69.6 Å². The first-order valence-corrected chi connectivity index (χ1v) is 6.68. The van der Waals surface area contributed by atoms with E-state index in [4.69, 9.17) is 0 Å². The van der Waals surface area contributed by atoms with Crippen molar-refractivity contribution in [2.24, 2.45) is 0 Å². The van der Waals surface area contributed by atoms with Gasteiger partial charge in [0, 0.05) is 5.54 Å². The van der Waals surface area contributed by atoms with Crippen LogP contribution in [0.1, 0.15) is 37.6 Å². The predicted octanol–water partition coefficient (Wildman–Crippen LogP) is 1.31. The number of carbonyl (C=O) groups excluding carboxylic acids is 2. The molecule has 1 aromatic rings. The van der Waals surface area contributed by atoms with E-state index in [0.717, 1.165) is 0 Å². The highest BCUT2D eigenvalue weighted by Crippen LogP contribution is 2.26. The van der Waals surface area contributed by atoms with E-state index in [0.29, 0.717) is 11.3 Å². The van der Waals surface area contributed by atoms with E-state index in [2.05, 4.69) is 5.32 Å². The summed E-state index contributed by atoms with van der Waals surface area (Å²) in [4.78, 5) is 25.7. The Morgan fingerprint density at radius 2 is 2.00 bits per heavy atom. The Balaban J connectivity index is 2.31. The standard InChI is InChI=1S/C15H20N2O3/c1-15(2,3)16-14(20)11-6-4-5-7-12(11)17-9-10(18)8-13(17)19/h4-7,10,18H,8-9H2,1-3H3,(H,16,20). The second-order valence-electron chi connectivity index (χ2n) is 6.08. The fourth-order valence-electron chi connectivity index (χ4n) is 2.23. The number of anilines is 1. The van der Waals surface area contributed by atoms with Gasteiger partial charge in [-0.15, -0.1) is 0 Å². The van der Waals surface area contributed by atoms with Gasteiger partial charge in [-0.1, -0.05) is 12.1 Å². The first kappa shape index (κ1) is 14.5. The molecule has 1 aliphatic heterocycles. The summed E-state index contributed by atoms with van der Waals surface area (Å²) < 4.78 is 0. The minimum Gasteiger partial charge on any atom is -0.391 e. The quantitative estimate of drug-likeness (QED) is 0.855. The molecule has 2 N–H and O–H groups in total. The van der Waals surface area contributed by atoms with E-state index in [9.17, 15) is 14.7 Å². The van der Waals surface area contributed by atoms with Crippen LogP contribution in [0.2, 0.25) is 0 Å². The molecule has 1 atom stereocenters. The summed E-state index contributed by atoms with van der Waals surface area (Å²) in [6.07, 6.45) is -0.559. The van der Waals surface area contributed by atoms with Gasteiger partial charge in [0.1, 0.15) is 0 Å². The fourth-order valence-corrected chi connectivity index (χ4v) is 2.23. The Morgan fingerprint density at radius 1 is 1.35 bits per heavy atom. The molecular formula is C15H20N2O3. The molecule has 0 aliphatic carbocycles. The lowest BCUT2D eigenvalue weighted by Crippen LogP contribution is -2.41. The number of amides is 2. The molecule has 0 aromatic heterocycles. The second kappa shape index (κ2) is 5.25. The molecule has 20 heavy (non-hydrogen) atoms. The van der Waals surface area contributed by atoms with Crippen LogP contribution in [0.5, 0.6) is 0 Å². The summed E-state index contributed by atoms with van der Waals surface area (Å²) >= 11 is 0. The van der Waals surface area contributed by atoms with E-state index in [-0.39, 0.29) is 30.3 Å². The first-order chi connectivity index (χ1) is 9.28. The molecule has 1 aromatic carbocycles. The Bertz CT molecular complexity index is 534. The van der Waals surface area contributed by atoms with Gasteiger partial charge in [0.15, 0.2) is 0 Å². The number of β-amino-alcohol motifs (C(OH)–C–C–N with tert-alkyl or cyclic N) is 1. The summed E-state index contributed by atoms with van der Waals surface area (Å²) in [5.74, 6) is -0.379. The Morgan fingerprint density at radius 3 is 2.55 bits per heavy atom. The molecule has 1 unspecified atom stereocenters. The number of hydrogen-bond acceptors (Lipinski definition) is 3. The molecule has 0 spiro atoms. The van der Waals surface area contributed by atoms with Crippen LogP contribution in [0.25, 0.3) is 0 Å². The van der Waals surface area contributed by atoms with E-state index >= 15 is 0 Å². The van der Waals surface area contributed by atoms with Crippen LogP contribution in [0.3, 0.4) is 0 Å². The molecule has 1 saturated heterocycles. The van der Waals surface area contributed by atoms with E-state index in [1.54, 1.807) is 24.3 Å². The zero-order valence-corrected chi connectivity index (χ0v) is 12.0. The molecule has 1 aliphatic rings. The van der Waals surface area contributed by atoms with Gasteiger partial charge < -0.3 is 15.3 Å². The molecule has 2 rings (SSSR count). The lowest BCUT2D eigenvalue weighted by Gasteiger charge is -2.24. The molecule has 2 amide bonds. The summed E-state index contributed by atoms with van der Waals surface area (Å²) in [5, 5.41) is 12.5. The molecule has 0 bridgehead atoms. The van der Waals surface area contributed by atoms with Gasteiger partial charge >= 0.3 is 0 Å². The van der Waals surface area contributed by atoms with Crippen molar-refractivity contribution in [1.82, 2.24) is 5.32 Å². The highest BCUT2D eigenvalue weighted by atomic mass is 16.3. The fraction of sp³-hybridized carbons (Fsp3) is 0.467. The maximum Gasteiger partial charge on any atom is 0.253 e. The van der Waals surface area contributed by atoms with Gasteiger partial charge in [0.05, 0.1) is 30.3 Å². The zero-order valence-electron chi connectivity index (χ0n) is 12.0. The number of benzene rings is 1. The molecule has 0 saturated carbocycles. The van der Waals surface area contributed by atoms with E-state index < -0.39 is 6.10 Å². The molecule has 108 valence electrons. The SMILES string of the molecule is CC(C)(C)NC(=O)c1ccccc1N1CC(O)CC1=O. The molecule has 1 heterocycles.